The summed E-state index contributed by atoms with van der Waals surface area (Å²) in [4.78, 5) is 19.1. The van der Waals surface area contributed by atoms with Crippen molar-refractivity contribution in [3.63, 3.8) is 0 Å². The molecule has 6 aromatic carbocycles. The van der Waals surface area contributed by atoms with Crippen molar-refractivity contribution in [2.75, 3.05) is 4.90 Å². The molecule has 1 saturated carbocycles. The van der Waals surface area contributed by atoms with Crippen LogP contribution in [-0.2, 0) is 5.41 Å². The molecule has 2 atom stereocenters. The molecule has 10 rings (SSSR count). The number of aromatic nitrogens is 4. The smallest absolute Gasteiger partial charge is 0.240 e. The fourth-order valence-corrected chi connectivity index (χ4v) is 9.32. The highest BCUT2D eigenvalue weighted by atomic mass is 15.4. The summed E-state index contributed by atoms with van der Waals surface area (Å²) in [7, 11) is 0. The first-order valence-electron chi connectivity index (χ1n) is 18.4. The van der Waals surface area contributed by atoms with Gasteiger partial charge in [-0.1, -0.05) is 153 Å². The molecular weight excluding hydrogens is 635 g/mol. The van der Waals surface area contributed by atoms with Gasteiger partial charge in [0.1, 0.15) is 0 Å². The predicted molar refractivity (Wildman–Crippen MR) is 213 cm³/mol. The third kappa shape index (κ3) is 4.45. The Morgan fingerprint density at radius 3 is 1.69 bits per heavy atom. The summed E-state index contributed by atoms with van der Waals surface area (Å²) in [5.41, 5.74) is 9.87. The van der Waals surface area contributed by atoms with Crippen LogP contribution in [0.25, 0.3) is 61.4 Å². The number of nitrogens with zero attached hydrogens (tertiary/aromatic N) is 5. The Labute approximate surface area is 304 Å². The summed E-state index contributed by atoms with van der Waals surface area (Å²) < 4.78 is 2.23. The third-order valence-corrected chi connectivity index (χ3v) is 12.1. The minimum atomic E-state index is -0.215. The van der Waals surface area contributed by atoms with Gasteiger partial charge in [0.25, 0.3) is 0 Å². The Bertz CT molecular complexity index is 2520. The largest absolute Gasteiger partial charge is 0.303 e. The van der Waals surface area contributed by atoms with Crippen LogP contribution in [-0.4, -0.2) is 25.1 Å². The van der Waals surface area contributed by atoms with Gasteiger partial charge >= 0.3 is 0 Å². The van der Waals surface area contributed by atoms with Crippen LogP contribution in [0.15, 0.2) is 152 Å². The highest BCUT2D eigenvalue weighted by Crippen LogP contribution is 2.60. The molecule has 5 nitrogen and oxygen atoms in total. The van der Waals surface area contributed by atoms with Gasteiger partial charge in [-0.2, -0.15) is 15.0 Å². The van der Waals surface area contributed by atoms with Gasteiger partial charge in [0.05, 0.1) is 16.6 Å². The average molecular weight is 674 g/mol. The Morgan fingerprint density at radius 1 is 0.500 bits per heavy atom. The van der Waals surface area contributed by atoms with Crippen molar-refractivity contribution in [3.8, 4) is 39.6 Å². The first kappa shape index (κ1) is 30.7. The second-order valence-electron chi connectivity index (χ2n) is 14.8. The molecule has 252 valence electrons. The summed E-state index contributed by atoms with van der Waals surface area (Å²) in [5.74, 6) is 1.96. The summed E-state index contributed by atoms with van der Waals surface area (Å²) in [6.45, 7) is 4.89. The van der Waals surface area contributed by atoms with E-state index in [1.165, 1.54) is 34.9 Å². The number of hydrogen-bond donors (Lipinski definition) is 0. The van der Waals surface area contributed by atoms with Crippen molar-refractivity contribution in [1.82, 2.24) is 19.5 Å². The lowest BCUT2D eigenvalue weighted by Gasteiger charge is -2.49. The van der Waals surface area contributed by atoms with Gasteiger partial charge in [0.15, 0.2) is 5.82 Å². The summed E-state index contributed by atoms with van der Waals surface area (Å²) in [5, 5.41) is 2.35. The predicted octanol–water partition coefficient (Wildman–Crippen LogP) is 11.7. The van der Waals surface area contributed by atoms with Crippen molar-refractivity contribution in [1.29, 1.82) is 0 Å². The van der Waals surface area contributed by atoms with E-state index in [9.17, 15) is 0 Å². The lowest BCUT2D eigenvalue weighted by atomic mass is 9.61. The highest BCUT2D eigenvalue weighted by molar-refractivity contribution is 6.09. The molecule has 1 aliphatic heterocycles. The number of hydrogen-bond acceptors (Lipinski definition) is 4. The van der Waals surface area contributed by atoms with Gasteiger partial charge in [0.2, 0.25) is 11.9 Å². The van der Waals surface area contributed by atoms with Crippen molar-refractivity contribution in [3.05, 3.63) is 157 Å². The van der Waals surface area contributed by atoms with Crippen molar-refractivity contribution in [2.24, 2.45) is 0 Å². The fourth-order valence-electron chi connectivity index (χ4n) is 9.32. The SMILES string of the molecule is CC12CCCCC1(C)N(c1nc(-c3c(-c4ccccc4)cccc3-c3ccccc3)nc(-n3c4ccccc4c4ccccc43)n1)c1ccccc12. The monoisotopic (exact) mass is 673 g/mol. The van der Waals surface area contributed by atoms with Gasteiger partial charge in [0, 0.05) is 27.4 Å². The van der Waals surface area contributed by atoms with E-state index >= 15 is 0 Å². The molecule has 0 bridgehead atoms. The molecule has 0 spiro atoms. The maximum absolute atomic E-state index is 5.58. The van der Waals surface area contributed by atoms with Gasteiger partial charge in [-0.25, -0.2) is 0 Å². The molecular formula is C47H39N5. The Balaban J connectivity index is 1.33. The molecule has 2 unspecified atom stereocenters. The molecule has 3 heterocycles. The Morgan fingerprint density at radius 2 is 1.04 bits per heavy atom. The standard InChI is InChI=1S/C47H39N5/c1-46-30-15-16-31-47(46,2)52(41-29-14-11-26-38(41)46)45-49-43(48-44(50-45)51-39-27-12-9-22-36(39)37-23-10-13-28-40(37)51)42-34(32-18-5-3-6-19-32)24-17-25-35(42)33-20-7-4-8-21-33/h3-14,17-29H,15-16,30-31H2,1-2H3. The number of benzene rings is 6. The molecule has 2 aromatic heterocycles. The van der Waals surface area contributed by atoms with Gasteiger partial charge in [-0.15, -0.1) is 0 Å². The zero-order valence-electron chi connectivity index (χ0n) is 29.5. The highest BCUT2D eigenvalue weighted by Gasteiger charge is 2.58. The molecule has 0 amide bonds. The van der Waals surface area contributed by atoms with E-state index in [-0.39, 0.29) is 11.0 Å². The Kier molecular flexibility index (Phi) is 6.94. The summed E-state index contributed by atoms with van der Waals surface area (Å²) in [6.07, 6.45) is 4.57. The van der Waals surface area contributed by atoms with E-state index < -0.39 is 0 Å². The molecule has 52 heavy (non-hydrogen) atoms. The van der Waals surface area contributed by atoms with Crippen LogP contribution in [0, 0.1) is 0 Å². The maximum atomic E-state index is 5.58. The maximum Gasteiger partial charge on any atom is 0.240 e. The van der Waals surface area contributed by atoms with Crippen molar-refractivity contribution in [2.45, 2.75) is 50.5 Å². The second-order valence-corrected chi connectivity index (χ2v) is 14.8. The number of para-hydroxylation sites is 3. The van der Waals surface area contributed by atoms with E-state index in [4.69, 9.17) is 15.0 Å². The average Bonchev–Trinajstić information content (AvgIpc) is 3.65. The van der Waals surface area contributed by atoms with Crippen LogP contribution in [0.5, 0.6) is 0 Å². The van der Waals surface area contributed by atoms with Crippen molar-refractivity contribution >= 4 is 33.4 Å². The zero-order chi connectivity index (χ0) is 34.9. The van der Waals surface area contributed by atoms with Gasteiger partial charge < -0.3 is 4.90 Å². The van der Waals surface area contributed by atoms with E-state index in [0.29, 0.717) is 17.7 Å². The number of fused-ring (bicyclic) bond motifs is 6. The number of anilines is 2. The molecule has 0 N–H and O–H groups in total. The van der Waals surface area contributed by atoms with Crippen LogP contribution >= 0.6 is 0 Å². The molecule has 2 aliphatic rings. The fraction of sp³-hybridized carbons (Fsp3) is 0.170. The quantitative estimate of drug-likeness (QED) is 0.182. The minimum Gasteiger partial charge on any atom is -0.303 e. The molecule has 5 heteroatoms. The Hall–Kier alpha value is -6.07. The normalized spacial score (nSPS) is 19.5. The molecule has 0 radical (unpaired) electrons. The van der Waals surface area contributed by atoms with Crippen LogP contribution in [0.1, 0.15) is 45.1 Å². The van der Waals surface area contributed by atoms with E-state index in [2.05, 4.69) is 175 Å². The van der Waals surface area contributed by atoms with Crippen LogP contribution in [0.3, 0.4) is 0 Å². The van der Waals surface area contributed by atoms with Crippen LogP contribution in [0.4, 0.5) is 11.6 Å². The summed E-state index contributed by atoms with van der Waals surface area (Å²) in [6, 6.07) is 53.9. The lowest BCUT2D eigenvalue weighted by Crippen LogP contribution is -2.55. The van der Waals surface area contributed by atoms with E-state index in [1.54, 1.807) is 0 Å². The molecule has 0 saturated heterocycles. The van der Waals surface area contributed by atoms with E-state index in [0.717, 1.165) is 51.7 Å². The van der Waals surface area contributed by atoms with Crippen LogP contribution in [0.2, 0.25) is 0 Å². The second kappa shape index (κ2) is 11.7. The van der Waals surface area contributed by atoms with Gasteiger partial charge in [-0.3, -0.25) is 4.57 Å². The van der Waals surface area contributed by atoms with Crippen LogP contribution < -0.4 is 4.90 Å². The minimum absolute atomic E-state index is 0.0429. The topological polar surface area (TPSA) is 46.8 Å². The zero-order valence-corrected chi connectivity index (χ0v) is 29.5. The third-order valence-electron chi connectivity index (χ3n) is 12.1. The molecule has 1 fully saturated rings. The van der Waals surface area contributed by atoms with Gasteiger partial charge in [-0.05, 0) is 65.8 Å². The number of rotatable bonds is 5. The van der Waals surface area contributed by atoms with Crippen molar-refractivity contribution < 1.29 is 0 Å². The summed E-state index contributed by atoms with van der Waals surface area (Å²) >= 11 is 0. The first-order chi connectivity index (χ1) is 25.5. The molecule has 1 aliphatic carbocycles. The van der Waals surface area contributed by atoms with E-state index in [1.807, 2.05) is 0 Å². The molecule has 8 aromatic rings. The first-order valence-corrected chi connectivity index (χ1v) is 18.4. The lowest BCUT2D eigenvalue weighted by molar-refractivity contribution is 0.193.